The minimum absolute atomic E-state index is 0.482. The van der Waals surface area contributed by atoms with Crippen molar-refractivity contribution < 1.29 is 14.8 Å². The van der Waals surface area contributed by atoms with E-state index < -0.39 is 7.12 Å². The number of benzene rings is 1. The van der Waals surface area contributed by atoms with Gasteiger partial charge in [-0.25, -0.2) is 0 Å². The number of ether oxygens (including phenoxy) is 1. The van der Waals surface area contributed by atoms with Crippen LogP contribution in [0.2, 0.25) is 0 Å². The fraction of sp³-hybridized carbons (Fsp3) is 0.625. The van der Waals surface area contributed by atoms with Gasteiger partial charge in [0.1, 0.15) is 12.4 Å². The molecule has 0 bridgehead atoms. The van der Waals surface area contributed by atoms with Crippen molar-refractivity contribution in [3.8, 4) is 5.75 Å². The maximum absolute atomic E-state index is 9.04. The van der Waals surface area contributed by atoms with Crippen LogP contribution in [0.1, 0.15) is 32.6 Å². The molecule has 2 N–H and O–H groups in total. The third-order valence-electron chi connectivity index (χ3n) is 4.42. The lowest BCUT2D eigenvalue weighted by Gasteiger charge is -2.34. The Morgan fingerprint density at radius 3 is 2.57 bits per heavy atom. The van der Waals surface area contributed by atoms with Crippen LogP contribution in [0.25, 0.3) is 0 Å². The number of rotatable bonds is 6. The molecule has 116 valence electrons. The molecule has 1 fully saturated rings. The summed E-state index contributed by atoms with van der Waals surface area (Å²) in [6.07, 6.45) is 5.29. The minimum Gasteiger partial charge on any atom is -0.492 e. The normalized spacial score (nSPS) is 22.3. The van der Waals surface area contributed by atoms with Gasteiger partial charge in [-0.2, -0.15) is 0 Å². The largest absolute Gasteiger partial charge is 0.492 e. The molecule has 5 heteroatoms. The summed E-state index contributed by atoms with van der Waals surface area (Å²) in [5.41, 5.74) is 0.482. The molecule has 0 radical (unpaired) electrons. The Morgan fingerprint density at radius 2 is 1.95 bits per heavy atom. The van der Waals surface area contributed by atoms with Crippen LogP contribution in [0.3, 0.4) is 0 Å². The highest BCUT2D eigenvalue weighted by Gasteiger charge is 2.22. The molecule has 1 saturated carbocycles. The topological polar surface area (TPSA) is 52.9 Å². The van der Waals surface area contributed by atoms with Crippen LogP contribution in [0.15, 0.2) is 24.3 Å². The Bertz CT molecular complexity index is 424. The van der Waals surface area contributed by atoms with Gasteiger partial charge >= 0.3 is 7.12 Å². The number of nitrogens with zero attached hydrogens (tertiary/aromatic N) is 1. The standard InChI is InChI=1S/C16H26BNO3/c1-13-4-3-5-15(12-13)18(2)10-11-21-16-8-6-14(7-9-16)17(19)20/h6-9,13,15,19-20H,3-5,10-12H2,1-2H3. The van der Waals surface area contributed by atoms with E-state index in [1.165, 1.54) is 25.7 Å². The monoisotopic (exact) mass is 291 g/mol. The second kappa shape index (κ2) is 7.83. The van der Waals surface area contributed by atoms with Crippen molar-refractivity contribution in [2.75, 3.05) is 20.2 Å². The molecule has 1 aromatic carbocycles. The molecule has 2 atom stereocenters. The Labute approximate surface area is 127 Å². The predicted molar refractivity (Wildman–Crippen MR) is 85.8 cm³/mol. The van der Waals surface area contributed by atoms with Crippen LogP contribution in [-0.4, -0.2) is 48.3 Å². The van der Waals surface area contributed by atoms with Crippen molar-refractivity contribution in [3.63, 3.8) is 0 Å². The van der Waals surface area contributed by atoms with Gasteiger partial charge in [-0.15, -0.1) is 0 Å². The van der Waals surface area contributed by atoms with E-state index in [4.69, 9.17) is 14.8 Å². The molecule has 4 nitrogen and oxygen atoms in total. The SMILES string of the molecule is CC1CCCC(N(C)CCOc2ccc(B(O)O)cc2)C1. The predicted octanol–water partition coefficient (Wildman–Crippen LogP) is 1.26. The third kappa shape index (κ3) is 5.02. The number of likely N-dealkylation sites (N-methyl/N-ethyl adjacent to an activating group) is 1. The first kappa shape index (κ1) is 16.3. The first-order chi connectivity index (χ1) is 10.1. The fourth-order valence-corrected chi connectivity index (χ4v) is 3.03. The third-order valence-corrected chi connectivity index (χ3v) is 4.42. The van der Waals surface area contributed by atoms with E-state index in [1.54, 1.807) is 24.3 Å². The van der Waals surface area contributed by atoms with Crippen LogP contribution in [0.4, 0.5) is 0 Å². The lowest BCUT2D eigenvalue weighted by molar-refractivity contribution is 0.141. The average molecular weight is 291 g/mol. The van der Waals surface area contributed by atoms with E-state index in [-0.39, 0.29) is 0 Å². The molecule has 0 saturated heterocycles. The lowest BCUT2D eigenvalue weighted by Crippen LogP contribution is -2.38. The Morgan fingerprint density at radius 1 is 1.24 bits per heavy atom. The molecule has 2 unspecified atom stereocenters. The maximum atomic E-state index is 9.04. The van der Waals surface area contributed by atoms with Crippen LogP contribution >= 0.6 is 0 Å². The highest BCUT2D eigenvalue weighted by molar-refractivity contribution is 6.58. The quantitative estimate of drug-likeness (QED) is 0.775. The molecule has 2 rings (SSSR count). The zero-order valence-corrected chi connectivity index (χ0v) is 13.0. The molecule has 1 aliphatic carbocycles. The zero-order valence-electron chi connectivity index (χ0n) is 13.0. The summed E-state index contributed by atoms with van der Waals surface area (Å²) in [4.78, 5) is 2.40. The van der Waals surface area contributed by atoms with E-state index >= 15 is 0 Å². The van der Waals surface area contributed by atoms with E-state index in [0.29, 0.717) is 18.1 Å². The summed E-state index contributed by atoms with van der Waals surface area (Å²) >= 11 is 0. The van der Waals surface area contributed by atoms with Gasteiger partial charge in [-0.05, 0) is 43.4 Å². The van der Waals surface area contributed by atoms with Crippen molar-refractivity contribution >= 4 is 12.6 Å². The summed E-state index contributed by atoms with van der Waals surface area (Å²) in [7, 11) is 0.760. The van der Waals surface area contributed by atoms with E-state index in [2.05, 4.69) is 18.9 Å². The van der Waals surface area contributed by atoms with Gasteiger partial charge in [0.25, 0.3) is 0 Å². The highest BCUT2D eigenvalue weighted by atomic mass is 16.5. The molecule has 0 aromatic heterocycles. The van der Waals surface area contributed by atoms with Crippen LogP contribution < -0.4 is 10.2 Å². The maximum Gasteiger partial charge on any atom is 0.488 e. The Hall–Kier alpha value is -1.04. The average Bonchev–Trinajstić information content (AvgIpc) is 2.47. The Balaban J connectivity index is 1.73. The number of hydrogen-bond acceptors (Lipinski definition) is 4. The summed E-state index contributed by atoms with van der Waals surface area (Å²) in [5.74, 6) is 1.61. The molecule has 0 heterocycles. The van der Waals surface area contributed by atoms with E-state index in [1.807, 2.05) is 0 Å². The van der Waals surface area contributed by atoms with Gasteiger partial charge in [-0.3, -0.25) is 0 Å². The first-order valence-electron chi connectivity index (χ1n) is 7.85. The molecule has 0 spiro atoms. The van der Waals surface area contributed by atoms with Crippen molar-refractivity contribution in [1.29, 1.82) is 0 Å². The van der Waals surface area contributed by atoms with Crippen molar-refractivity contribution in [1.82, 2.24) is 4.90 Å². The molecule has 1 aliphatic rings. The van der Waals surface area contributed by atoms with Crippen LogP contribution in [0, 0.1) is 5.92 Å². The second-order valence-electron chi connectivity index (χ2n) is 6.20. The van der Waals surface area contributed by atoms with Crippen molar-refractivity contribution in [2.24, 2.45) is 5.92 Å². The van der Waals surface area contributed by atoms with Gasteiger partial charge in [0, 0.05) is 12.6 Å². The zero-order chi connectivity index (χ0) is 15.2. The number of hydrogen-bond donors (Lipinski definition) is 2. The van der Waals surface area contributed by atoms with Gasteiger partial charge in [0.15, 0.2) is 0 Å². The molecule has 21 heavy (non-hydrogen) atoms. The van der Waals surface area contributed by atoms with Crippen LogP contribution in [-0.2, 0) is 0 Å². The van der Waals surface area contributed by atoms with Gasteiger partial charge in [0.05, 0.1) is 0 Å². The van der Waals surface area contributed by atoms with Crippen molar-refractivity contribution in [3.05, 3.63) is 24.3 Å². The molecule has 1 aromatic rings. The smallest absolute Gasteiger partial charge is 0.488 e. The van der Waals surface area contributed by atoms with Gasteiger partial charge < -0.3 is 19.7 Å². The second-order valence-corrected chi connectivity index (χ2v) is 6.20. The molecular weight excluding hydrogens is 265 g/mol. The van der Waals surface area contributed by atoms with Crippen LogP contribution in [0.5, 0.6) is 5.75 Å². The van der Waals surface area contributed by atoms with E-state index in [0.717, 1.165) is 18.2 Å². The van der Waals surface area contributed by atoms with E-state index in [9.17, 15) is 0 Å². The van der Waals surface area contributed by atoms with Gasteiger partial charge in [-0.1, -0.05) is 31.9 Å². The molecular formula is C16H26BNO3. The van der Waals surface area contributed by atoms with Crippen molar-refractivity contribution in [2.45, 2.75) is 38.6 Å². The fourth-order valence-electron chi connectivity index (χ4n) is 3.03. The highest BCUT2D eigenvalue weighted by Crippen LogP contribution is 2.26. The lowest BCUT2D eigenvalue weighted by atomic mass is 9.80. The summed E-state index contributed by atoms with van der Waals surface area (Å²) in [5, 5.41) is 18.1. The molecule has 0 amide bonds. The minimum atomic E-state index is -1.42. The summed E-state index contributed by atoms with van der Waals surface area (Å²) < 4.78 is 5.72. The van der Waals surface area contributed by atoms with Gasteiger partial charge in [0.2, 0.25) is 0 Å². The summed E-state index contributed by atoms with van der Waals surface area (Å²) in [6, 6.07) is 7.58. The Kier molecular flexibility index (Phi) is 6.09. The molecule has 0 aliphatic heterocycles. The summed E-state index contributed by atoms with van der Waals surface area (Å²) in [6.45, 7) is 3.91. The first-order valence-corrected chi connectivity index (χ1v) is 7.85.